The zero-order valence-corrected chi connectivity index (χ0v) is 14.7. The fourth-order valence-corrected chi connectivity index (χ4v) is 2.93. The lowest BCUT2D eigenvalue weighted by Gasteiger charge is -2.21. The minimum absolute atomic E-state index is 0.00906. The molecule has 0 aliphatic rings. The first kappa shape index (κ1) is 16.8. The molecule has 0 saturated carbocycles. The van der Waals surface area contributed by atoms with Crippen molar-refractivity contribution in [2.24, 2.45) is 0 Å². The van der Waals surface area contributed by atoms with Gasteiger partial charge in [-0.15, -0.1) is 0 Å². The predicted molar refractivity (Wildman–Crippen MR) is 104 cm³/mol. The fraction of sp³-hybridized carbons (Fsp3) is 0.0909. The van der Waals surface area contributed by atoms with Gasteiger partial charge in [0.1, 0.15) is 5.76 Å². The van der Waals surface area contributed by atoms with Gasteiger partial charge < -0.3 is 9.32 Å². The summed E-state index contributed by atoms with van der Waals surface area (Å²) in [5.74, 6) is 0.734. The molecule has 0 aliphatic heterocycles. The Morgan fingerprint density at radius 1 is 0.963 bits per heavy atom. The Labute approximate surface area is 157 Å². The van der Waals surface area contributed by atoms with Crippen molar-refractivity contribution in [1.82, 2.24) is 9.78 Å². The van der Waals surface area contributed by atoms with Crippen molar-refractivity contribution in [3.8, 4) is 5.69 Å². The number of carbonyl (C=O) groups is 1. The van der Waals surface area contributed by atoms with Crippen molar-refractivity contribution < 1.29 is 9.21 Å². The molecule has 0 spiro atoms. The van der Waals surface area contributed by atoms with Crippen LogP contribution in [0.3, 0.4) is 0 Å². The maximum absolute atomic E-state index is 13.0. The molecule has 2 aromatic heterocycles. The van der Waals surface area contributed by atoms with E-state index in [-0.39, 0.29) is 12.3 Å². The van der Waals surface area contributed by atoms with E-state index < -0.39 is 0 Å². The van der Waals surface area contributed by atoms with Crippen LogP contribution >= 0.6 is 0 Å². The molecule has 27 heavy (non-hydrogen) atoms. The summed E-state index contributed by atoms with van der Waals surface area (Å²) in [5.41, 5.74) is 2.67. The first-order valence-corrected chi connectivity index (χ1v) is 8.76. The molecule has 4 aromatic rings. The lowest BCUT2D eigenvalue weighted by Crippen LogP contribution is -2.31. The average Bonchev–Trinajstić information content (AvgIpc) is 3.39. The largest absolute Gasteiger partial charge is 0.467 e. The summed E-state index contributed by atoms with van der Waals surface area (Å²) in [5, 5.41) is 4.37. The number of hydrogen-bond donors (Lipinski definition) is 0. The lowest BCUT2D eigenvalue weighted by atomic mass is 10.2. The minimum atomic E-state index is -0.00906. The molecular weight excluding hydrogens is 338 g/mol. The predicted octanol–water partition coefficient (Wildman–Crippen LogP) is 4.24. The summed E-state index contributed by atoms with van der Waals surface area (Å²) in [7, 11) is 0. The molecule has 0 saturated heterocycles. The van der Waals surface area contributed by atoms with Gasteiger partial charge in [-0.1, -0.05) is 36.4 Å². The second-order valence-corrected chi connectivity index (χ2v) is 6.20. The van der Waals surface area contributed by atoms with E-state index in [0.29, 0.717) is 6.54 Å². The van der Waals surface area contributed by atoms with Gasteiger partial charge in [0.2, 0.25) is 5.91 Å². The molecule has 1 amide bonds. The van der Waals surface area contributed by atoms with Gasteiger partial charge in [-0.05, 0) is 42.0 Å². The van der Waals surface area contributed by atoms with Gasteiger partial charge in [0, 0.05) is 11.9 Å². The Morgan fingerprint density at radius 2 is 1.70 bits per heavy atom. The zero-order chi connectivity index (χ0) is 18.5. The van der Waals surface area contributed by atoms with Crippen LogP contribution in [0, 0.1) is 0 Å². The Morgan fingerprint density at radius 3 is 2.41 bits per heavy atom. The van der Waals surface area contributed by atoms with Crippen molar-refractivity contribution in [2.45, 2.75) is 13.0 Å². The number of para-hydroxylation sites is 2. The van der Waals surface area contributed by atoms with E-state index in [1.165, 1.54) is 0 Å². The molecule has 134 valence electrons. The number of aromatic nitrogens is 2. The fourth-order valence-electron chi connectivity index (χ4n) is 2.93. The maximum atomic E-state index is 13.0. The Balaban J connectivity index is 1.54. The average molecular weight is 357 g/mol. The number of amides is 1. The number of rotatable bonds is 6. The van der Waals surface area contributed by atoms with E-state index in [1.807, 2.05) is 79.0 Å². The van der Waals surface area contributed by atoms with Crippen LogP contribution in [0.4, 0.5) is 5.69 Å². The summed E-state index contributed by atoms with van der Waals surface area (Å²) >= 11 is 0. The number of anilines is 1. The zero-order valence-electron chi connectivity index (χ0n) is 14.7. The van der Waals surface area contributed by atoms with Gasteiger partial charge in [-0.25, -0.2) is 4.68 Å². The van der Waals surface area contributed by atoms with Crippen molar-refractivity contribution >= 4 is 11.6 Å². The van der Waals surface area contributed by atoms with E-state index >= 15 is 0 Å². The van der Waals surface area contributed by atoms with Crippen molar-refractivity contribution in [1.29, 1.82) is 0 Å². The number of furan rings is 1. The second kappa shape index (κ2) is 7.74. The smallest absolute Gasteiger partial charge is 0.231 e. The minimum Gasteiger partial charge on any atom is -0.467 e. The van der Waals surface area contributed by atoms with Gasteiger partial charge in [-0.3, -0.25) is 4.79 Å². The molecule has 5 nitrogen and oxygen atoms in total. The van der Waals surface area contributed by atoms with Gasteiger partial charge in [-0.2, -0.15) is 5.10 Å². The first-order valence-electron chi connectivity index (χ1n) is 8.76. The highest BCUT2D eigenvalue weighted by Crippen LogP contribution is 2.19. The third-order valence-corrected chi connectivity index (χ3v) is 4.28. The molecule has 0 aliphatic carbocycles. The van der Waals surface area contributed by atoms with Crippen LogP contribution in [-0.4, -0.2) is 15.7 Å². The number of nitrogens with zero attached hydrogens (tertiary/aromatic N) is 3. The van der Waals surface area contributed by atoms with Crippen LogP contribution in [0.2, 0.25) is 0 Å². The SMILES string of the molecule is O=C(Cc1cnn(-c2ccccc2)c1)N(Cc1ccco1)c1ccccc1. The van der Waals surface area contributed by atoms with E-state index in [0.717, 1.165) is 22.7 Å². The van der Waals surface area contributed by atoms with E-state index in [1.54, 1.807) is 22.0 Å². The standard InChI is InChI=1S/C22H19N3O2/c26-22(14-18-15-23-25(16-18)20-10-5-2-6-11-20)24(17-21-12-7-13-27-21)19-8-3-1-4-9-19/h1-13,15-16H,14,17H2. The van der Waals surface area contributed by atoms with Gasteiger partial charge in [0.25, 0.3) is 0 Å². The highest BCUT2D eigenvalue weighted by atomic mass is 16.3. The summed E-state index contributed by atoms with van der Waals surface area (Å²) in [4.78, 5) is 14.8. The van der Waals surface area contributed by atoms with Crippen molar-refractivity contribution in [3.05, 3.63) is 103 Å². The van der Waals surface area contributed by atoms with E-state index in [2.05, 4.69) is 5.10 Å². The number of hydrogen-bond acceptors (Lipinski definition) is 3. The Hall–Kier alpha value is -3.60. The van der Waals surface area contributed by atoms with E-state index in [9.17, 15) is 4.79 Å². The summed E-state index contributed by atoms with van der Waals surface area (Å²) in [6.07, 6.45) is 5.51. The molecule has 0 fully saturated rings. The molecular formula is C22H19N3O2. The molecule has 0 atom stereocenters. The number of benzene rings is 2. The molecule has 2 heterocycles. The molecule has 0 bridgehead atoms. The van der Waals surface area contributed by atoms with Gasteiger partial charge in [0.05, 0.1) is 31.1 Å². The van der Waals surface area contributed by atoms with Crippen molar-refractivity contribution in [3.63, 3.8) is 0 Å². The number of carbonyl (C=O) groups excluding carboxylic acids is 1. The quantitative estimate of drug-likeness (QED) is 0.519. The topological polar surface area (TPSA) is 51.3 Å². The molecule has 2 aromatic carbocycles. The van der Waals surface area contributed by atoms with Crippen LogP contribution in [0.1, 0.15) is 11.3 Å². The molecule has 0 N–H and O–H groups in total. The summed E-state index contributed by atoms with van der Waals surface area (Å²) in [6.45, 7) is 0.392. The first-order chi connectivity index (χ1) is 13.3. The monoisotopic (exact) mass is 357 g/mol. The van der Waals surface area contributed by atoms with Gasteiger partial charge >= 0.3 is 0 Å². The second-order valence-electron chi connectivity index (χ2n) is 6.20. The third-order valence-electron chi connectivity index (χ3n) is 4.28. The molecule has 4 rings (SSSR count). The van der Waals surface area contributed by atoms with Gasteiger partial charge in [0.15, 0.2) is 0 Å². The lowest BCUT2D eigenvalue weighted by molar-refractivity contribution is -0.118. The van der Waals surface area contributed by atoms with Crippen LogP contribution in [-0.2, 0) is 17.8 Å². The maximum Gasteiger partial charge on any atom is 0.231 e. The van der Waals surface area contributed by atoms with E-state index in [4.69, 9.17) is 4.42 Å². The van der Waals surface area contributed by atoms with Crippen molar-refractivity contribution in [2.75, 3.05) is 4.90 Å². The van der Waals surface area contributed by atoms with Crippen LogP contribution in [0.15, 0.2) is 95.9 Å². The van der Waals surface area contributed by atoms with Crippen LogP contribution < -0.4 is 4.90 Å². The highest BCUT2D eigenvalue weighted by molar-refractivity contribution is 5.94. The van der Waals surface area contributed by atoms with Crippen LogP contribution in [0.5, 0.6) is 0 Å². The summed E-state index contributed by atoms with van der Waals surface area (Å²) in [6, 6.07) is 23.2. The molecule has 5 heteroatoms. The normalized spacial score (nSPS) is 10.7. The Kier molecular flexibility index (Phi) is 4.83. The third kappa shape index (κ3) is 3.98. The molecule has 0 radical (unpaired) electrons. The summed E-state index contributed by atoms with van der Waals surface area (Å²) < 4.78 is 7.22. The van der Waals surface area contributed by atoms with Crippen LogP contribution in [0.25, 0.3) is 5.69 Å². The Bertz CT molecular complexity index is 993. The highest BCUT2D eigenvalue weighted by Gasteiger charge is 2.18. The molecule has 0 unspecified atom stereocenters.